The number of nitrogens with zero attached hydrogens (tertiary/aromatic N) is 2. The van der Waals surface area contributed by atoms with Gasteiger partial charge in [-0.2, -0.15) is 0 Å². The minimum atomic E-state index is -4.01. The molecule has 0 bridgehead atoms. The van der Waals surface area contributed by atoms with Crippen LogP contribution >= 0.6 is 0 Å². The molecule has 4 aromatic carbocycles. The highest BCUT2D eigenvalue weighted by Crippen LogP contribution is 2.34. The Morgan fingerprint density at radius 1 is 0.818 bits per heavy atom. The first kappa shape index (κ1) is 29.7. The number of halogens is 1. The van der Waals surface area contributed by atoms with E-state index in [4.69, 9.17) is 0 Å². The summed E-state index contributed by atoms with van der Waals surface area (Å²) in [4.78, 5) is 16.8. The van der Waals surface area contributed by atoms with Gasteiger partial charge in [-0.05, 0) is 66.3 Å². The number of carbonyl (C=O) groups excluding carboxylic acids is 1. The fourth-order valence-electron chi connectivity index (χ4n) is 6.05. The molecule has 1 aliphatic carbocycles. The summed E-state index contributed by atoms with van der Waals surface area (Å²) in [5, 5.41) is 5.62. The minimum Gasteiger partial charge on any atom is -0.367 e. The van der Waals surface area contributed by atoms with Gasteiger partial charge in [0.15, 0.2) is 0 Å². The lowest BCUT2D eigenvalue weighted by atomic mass is 9.88. The number of para-hydroxylation sites is 1. The summed E-state index contributed by atoms with van der Waals surface area (Å²) in [5.74, 6) is -0.276. The molecule has 4 aromatic rings. The number of urea groups is 1. The zero-order valence-electron chi connectivity index (χ0n) is 24.4. The highest BCUT2D eigenvalue weighted by atomic mass is 32.2. The van der Waals surface area contributed by atoms with Crippen molar-refractivity contribution in [3.63, 3.8) is 0 Å². The molecular weight excluding hydrogens is 577 g/mol. The van der Waals surface area contributed by atoms with Crippen molar-refractivity contribution in [1.82, 2.24) is 10.0 Å². The van der Waals surface area contributed by atoms with E-state index >= 15 is 0 Å². The lowest BCUT2D eigenvalue weighted by Gasteiger charge is -2.38. The van der Waals surface area contributed by atoms with Gasteiger partial charge < -0.3 is 20.4 Å². The molecule has 10 heteroatoms. The summed E-state index contributed by atoms with van der Waals surface area (Å²) in [6.45, 7) is 2.42. The van der Waals surface area contributed by atoms with Gasteiger partial charge >= 0.3 is 6.03 Å². The summed E-state index contributed by atoms with van der Waals surface area (Å²) < 4.78 is 45.7. The van der Waals surface area contributed by atoms with E-state index in [-0.39, 0.29) is 16.8 Å². The fraction of sp³-hybridized carbons (Fsp3) is 0.265. The van der Waals surface area contributed by atoms with E-state index in [0.717, 1.165) is 29.5 Å². The third kappa shape index (κ3) is 6.71. The maximum Gasteiger partial charge on any atom is 0.319 e. The number of hydrogen-bond donors (Lipinski definition) is 3. The third-order valence-electron chi connectivity index (χ3n) is 8.28. The summed E-state index contributed by atoms with van der Waals surface area (Å²) in [6, 6.07) is 28.4. The molecule has 1 saturated heterocycles. The molecule has 44 heavy (non-hydrogen) atoms. The van der Waals surface area contributed by atoms with Crippen LogP contribution in [0, 0.1) is 5.82 Å². The Balaban J connectivity index is 1.25. The Kier molecular flexibility index (Phi) is 8.81. The van der Waals surface area contributed by atoms with Crippen LogP contribution in [-0.2, 0) is 23.0 Å². The molecule has 0 unspecified atom stereocenters. The Bertz CT molecular complexity index is 1730. The van der Waals surface area contributed by atoms with Crippen LogP contribution in [0.15, 0.2) is 102 Å². The Labute approximate surface area is 257 Å². The van der Waals surface area contributed by atoms with Gasteiger partial charge in [0.25, 0.3) is 0 Å². The van der Waals surface area contributed by atoms with Gasteiger partial charge in [0.05, 0.1) is 11.4 Å². The lowest BCUT2D eigenvalue weighted by Crippen LogP contribution is -2.47. The third-order valence-corrected chi connectivity index (χ3v) is 9.78. The molecule has 6 rings (SSSR count). The van der Waals surface area contributed by atoms with Crippen molar-refractivity contribution < 1.29 is 17.6 Å². The highest BCUT2D eigenvalue weighted by Gasteiger charge is 2.30. The van der Waals surface area contributed by atoms with Crippen LogP contribution in [0.25, 0.3) is 0 Å². The topological polar surface area (TPSA) is 93.8 Å². The van der Waals surface area contributed by atoms with Crippen LogP contribution in [0.5, 0.6) is 0 Å². The van der Waals surface area contributed by atoms with Crippen molar-refractivity contribution >= 4 is 33.1 Å². The number of hydrogen-bond acceptors (Lipinski definition) is 5. The van der Waals surface area contributed by atoms with Crippen molar-refractivity contribution in [3.05, 3.63) is 120 Å². The van der Waals surface area contributed by atoms with Gasteiger partial charge in [-0.1, -0.05) is 66.7 Å². The summed E-state index contributed by atoms with van der Waals surface area (Å²) >= 11 is 0. The molecule has 2 aliphatic rings. The maximum absolute atomic E-state index is 14.5. The number of anilines is 3. The van der Waals surface area contributed by atoms with Crippen molar-refractivity contribution in [2.45, 2.75) is 36.7 Å². The van der Waals surface area contributed by atoms with E-state index in [2.05, 4.69) is 21.4 Å². The predicted octanol–water partition coefficient (Wildman–Crippen LogP) is 5.83. The van der Waals surface area contributed by atoms with Gasteiger partial charge in [0, 0.05) is 44.5 Å². The van der Waals surface area contributed by atoms with Gasteiger partial charge in [-0.15, -0.1) is 0 Å². The molecule has 1 fully saturated rings. The smallest absolute Gasteiger partial charge is 0.319 e. The first-order valence-electron chi connectivity index (χ1n) is 14.9. The number of fused-ring (bicyclic) bond motifs is 1. The number of rotatable bonds is 8. The fourth-order valence-corrected chi connectivity index (χ4v) is 7.55. The van der Waals surface area contributed by atoms with E-state index in [1.54, 1.807) is 24.3 Å². The molecule has 3 N–H and O–H groups in total. The molecule has 1 heterocycles. The molecule has 1 aliphatic heterocycles. The number of benzene rings is 4. The summed E-state index contributed by atoms with van der Waals surface area (Å²) in [5.41, 5.74) is 4.56. The first-order chi connectivity index (χ1) is 21.4. The highest BCUT2D eigenvalue weighted by molar-refractivity contribution is 7.89. The molecule has 8 nitrogen and oxygen atoms in total. The van der Waals surface area contributed by atoms with Crippen LogP contribution in [-0.4, -0.2) is 40.6 Å². The predicted molar refractivity (Wildman–Crippen MR) is 172 cm³/mol. The molecule has 1 atom stereocenters. The summed E-state index contributed by atoms with van der Waals surface area (Å²) in [7, 11) is -4.01. The first-order valence-corrected chi connectivity index (χ1v) is 16.4. The Morgan fingerprint density at radius 3 is 2.27 bits per heavy atom. The van der Waals surface area contributed by atoms with Gasteiger partial charge in [0.1, 0.15) is 10.7 Å². The number of carbonyl (C=O) groups is 1. The second-order valence-electron chi connectivity index (χ2n) is 11.2. The zero-order chi connectivity index (χ0) is 30.5. The van der Waals surface area contributed by atoms with E-state index in [1.807, 2.05) is 64.4 Å². The van der Waals surface area contributed by atoms with Crippen molar-refractivity contribution in [2.75, 3.05) is 41.3 Å². The Morgan fingerprint density at radius 2 is 1.50 bits per heavy atom. The van der Waals surface area contributed by atoms with E-state index < -0.39 is 16.1 Å². The van der Waals surface area contributed by atoms with E-state index in [0.29, 0.717) is 56.2 Å². The second kappa shape index (κ2) is 13.1. The number of nitrogens with one attached hydrogen (secondary N) is 3. The number of piperazine rings is 1. The zero-order valence-corrected chi connectivity index (χ0v) is 25.2. The van der Waals surface area contributed by atoms with Crippen LogP contribution in [0.4, 0.5) is 26.2 Å². The largest absolute Gasteiger partial charge is 0.367 e. The second-order valence-corrected chi connectivity index (χ2v) is 12.8. The molecule has 2 amide bonds. The quantitative estimate of drug-likeness (QED) is 0.233. The minimum absolute atomic E-state index is 0.0979. The van der Waals surface area contributed by atoms with E-state index in [9.17, 15) is 17.6 Å². The maximum atomic E-state index is 14.5. The van der Waals surface area contributed by atoms with Gasteiger partial charge in [0.2, 0.25) is 10.0 Å². The number of aryl methyl sites for hydroxylation is 1. The SMILES string of the molecule is O=C(NCc1ccccc1)Nc1ccc(N2CCN(c3ccccc3F)CC2)c(S(=O)(=O)N[C@H]2CCCc3ccccc32)c1. The van der Waals surface area contributed by atoms with Crippen LogP contribution in [0.2, 0.25) is 0 Å². The van der Waals surface area contributed by atoms with Crippen LogP contribution in [0.3, 0.4) is 0 Å². The molecule has 0 saturated carbocycles. The molecule has 0 aromatic heterocycles. The average Bonchev–Trinajstić information content (AvgIpc) is 3.05. The monoisotopic (exact) mass is 613 g/mol. The molecule has 0 spiro atoms. The summed E-state index contributed by atoms with van der Waals surface area (Å²) in [6.07, 6.45) is 2.51. The standard InChI is InChI=1S/C34H36FN5O3S/c35-29-14-6-7-16-31(29)39-19-21-40(22-20-39)32-18-17-27(37-34(41)36-24-25-9-2-1-3-10-25)23-33(32)44(42,43)38-30-15-8-12-26-11-4-5-13-28(26)30/h1-7,9-11,13-14,16-18,23,30,38H,8,12,15,19-22,24H2,(H2,36,37,41)/t30-/m0/s1. The molecular formula is C34H36FN5O3S. The van der Waals surface area contributed by atoms with Crippen LogP contribution in [0.1, 0.15) is 35.6 Å². The normalized spacial score (nSPS) is 16.7. The Hall–Kier alpha value is -4.41. The van der Waals surface area contributed by atoms with Crippen LogP contribution < -0.4 is 25.2 Å². The molecule has 228 valence electrons. The molecule has 0 radical (unpaired) electrons. The number of sulfonamides is 1. The van der Waals surface area contributed by atoms with Gasteiger partial charge in [-0.3, -0.25) is 0 Å². The van der Waals surface area contributed by atoms with Crippen molar-refractivity contribution in [3.8, 4) is 0 Å². The lowest BCUT2D eigenvalue weighted by molar-refractivity contribution is 0.251. The number of amides is 2. The van der Waals surface area contributed by atoms with E-state index in [1.165, 1.54) is 12.1 Å². The van der Waals surface area contributed by atoms with Crippen molar-refractivity contribution in [2.24, 2.45) is 0 Å². The van der Waals surface area contributed by atoms with Crippen molar-refractivity contribution in [1.29, 1.82) is 0 Å². The van der Waals surface area contributed by atoms with Gasteiger partial charge in [-0.25, -0.2) is 22.3 Å². The average molecular weight is 614 g/mol.